The second-order valence-corrected chi connectivity index (χ2v) is 5.53. The summed E-state index contributed by atoms with van der Waals surface area (Å²) in [4.78, 5) is 2.46. The first kappa shape index (κ1) is 14.4. The average Bonchev–Trinajstić information content (AvgIpc) is 3.05. The quantitative estimate of drug-likeness (QED) is 0.906. The number of halogens is 2. The van der Waals surface area contributed by atoms with E-state index < -0.39 is 6.61 Å². The number of hydrogen-bond donors (Lipinski definition) is 1. The molecule has 0 amide bonds. The van der Waals surface area contributed by atoms with Crippen molar-refractivity contribution in [2.24, 2.45) is 0 Å². The Balaban J connectivity index is 1.79. The topological polar surface area (TPSA) is 33.7 Å². The van der Waals surface area contributed by atoms with Gasteiger partial charge in [-0.05, 0) is 37.9 Å². The Morgan fingerprint density at radius 2 is 2.14 bits per heavy atom. The molecule has 2 saturated heterocycles. The molecule has 2 aliphatic rings. The minimum Gasteiger partial charge on any atom is -0.497 e. The van der Waals surface area contributed by atoms with Crippen molar-refractivity contribution < 1.29 is 18.3 Å². The van der Waals surface area contributed by atoms with Gasteiger partial charge < -0.3 is 14.8 Å². The molecule has 2 heterocycles. The molecule has 4 nitrogen and oxygen atoms in total. The van der Waals surface area contributed by atoms with Gasteiger partial charge in [-0.15, -0.1) is 0 Å². The van der Waals surface area contributed by atoms with Gasteiger partial charge in [0.25, 0.3) is 0 Å². The fraction of sp³-hybridized carbons (Fsp3) is 0.600. The molecule has 2 aliphatic heterocycles. The van der Waals surface area contributed by atoms with Crippen molar-refractivity contribution in [1.82, 2.24) is 4.90 Å². The summed E-state index contributed by atoms with van der Waals surface area (Å²) in [6.45, 7) is -0.621. The van der Waals surface area contributed by atoms with E-state index in [4.69, 9.17) is 4.74 Å². The maximum absolute atomic E-state index is 12.5. The fourth-order valence-corrected chi connectivity index (χ4v) is 3.40. The first-order chi connectivity index (χ1) is 10.2. The van der Waals surface area contributed by atoms with E-state index >= 15 is 0 Å². The number of nitrogens with one attached hydrogen (secondary N) is 1. The van der Waals surface area contributed by atoms with Crippen LogP contribution in [0, 0.1) is 0 Å². The zero-order valence-corrected chi connectivity index (χ0v) is 12.0. The molecular weight excluding hydrogens is 278 g/mol. The van der Waals surface area contributed by atoms with Crippen LogP contribution in [-0.2, 0) is 0 Å². The summed E-state index contributed by atoms with van der Waals surface area (Å²) in [5, 5.41) is 3.38. The summed E-state index contributed by atoms with van der Waals surface area (Å²) < 4.78 is 34.8. The Morgan fingerprint density at radius 3 is 2.90 bits per heavy atom. The lowest BCUT2D eigenvalue weighted by Crippen LogP contribution is -2.33. The monoisotopic (exact) mass is 298 g/mol. The van der Waals surface area contributed by atoms with Gasteiger partial charge in [0.1, 0.15) is 11.5 Å². The summed E-state index contributed by atoms with van der Waals surface area (Å²) in [5.74, 6) is 0.794. The highest BCUT2D eigenvalue weighted by Crippen LogP contribution is 2.35. The first-order valence-electron chi connectivity index (χ1n) is 7.31. The summed E-state index contributed by atoms with van der Waals surface area (Å²) in [6.07, 6.45) is 3.39. The molecule has 0 radical (unpaired) electrons. The van der Waals surface area contributed by atoms with Crippen LogP contribution < -0.4 is 14.8 Å². The lowest BCUT2D eigenvalue weighted by molar-refractivity contribution is -0.0494. The van der Waals surface area contributed by atoms with E-state index in [1.54, 1.807) is 19.2 Å². The number of hydrogen-bond acceptors (Lipinski definition) is 4. The normalized spacial score (nSPS) is 25.1. The fourth-order valence-electron chi connectivity index (χ4n) is 3.40. The predicted molar refractivity (Wildman–Crippen MR) is 76.2 cm³/mol. The highest BCUT2D eigenvalue weighted by molar-refractivity contribution is 5.60. The van der Waals surface area contributed by atoms with Crippen LogP contribution in [-0.4, -0.2) is 43.8 Å². The second kappa shape index (κ2) is 6.05. The minimum atomic E-state index is -2.83. The molecule has 6 heteroatoms. The van der Waals surface area contributed by atoms with Crippen molar-refractivity contribution in [3.63, 3.8) is 0 Å². The molecular formula is C15H20F2N2O2. The van der Waals surface area contributed by atoms with Crippen LogP contribution in [0.4, 0.5) is 14.5 Å². The number of fused-ring (bicyclic) bond motifs is 1. The lowest BCUT2D eigenvalue weighted by atomic mass is 10.1. The number of ether oxygens (including phenoxy) is 2. The van der Waals surface area contributed by atoms with Crippen LogP contribution in [0.2, 0.25) is 0 Å². The van der Waals surface area contributed by atoms with E-state index in [0.717, 1.165) is 25.9 Å². The van der Waals surface area contributed by atoms with Crippen LogP contribution in [0.15, 0.2) is 18.2 Å². The van der Waals surface area contributed by atoms with Crippen LogP contribution in [0.25, 0.3) is 0 Å². The van der Waals surface area contributed by atoms with Gasteiger partial charge in [-0.3, -0.25) is 4.90 Å². The van der Waals surface area contributed by atoms with Crippen LogP contribution in [0.5, 0.6) is 11.5 Å². The van der Waals surface area contributed by atoms with Gasteiger partial charge in [0.2, 0.25) is 0 Å². The van der Waals surface area contributed by atoms with Gasteiger partial charge >= 0.3 is 6.61 Å². The van der Waals surface area contributed by atoms with E-state index in [1.807, 2.05) is 0 Å². The third-order valence-electron chi connectivity index (χ3n) is 4.35. The van der Waals surface area contributed by atoms with E-state index in [0.29, 0.717) is 17.5 Å². The molecule has 1 aromatic rings. The van der Waals surface area contributed by atoms with Gasteiger partial charge in [-0.25, -0.2) is 0 Å². The standard InChI is InChI=1S/C15H20F2N2O2/c1-20-10-4-5-14(21-15(16)17)12(9-10)18-11-6-8-19-7-2-3-13(11)19/h4-5,9,11,13,15,18H,2-3,6-8H2,1H3. The molecule has 2 fully saturated rings. The van der Waals surface area contributed by atoms with Crippen LogP contribution in [0.3, 0.4) is 0 Å². The highest BCUT2D eigenvalue weighted by Gasteiger charge is 2.37. The predicted octanol–water partition coefficient (Wildman–Crippen LogP) is 2.95. The molecule has 0 aliphatic carbocycles. The summed E-state index contributed by atoms with van der Waals surface area (Å²) in [6, 6.07) is 5.64. The number of alkyl halides is 2. The van der Waals surface area contributed by atoms with Crippen LogP contribution in [0.1, 0.15) is 19.3 Å². The number of methoxy groups -OCH3 is 1. The highest BCUT2D eigenvalue weighted by atomic mass is 19.3. The molecule has 21 heavy (non-hydrogen) atoms. The molecule has 0 spiro atoms. The molecule has 116 valence electrons. The van der Waals surface area contributed by atoms with Gasteiger partial charge in [0.05, 0.1) is 12.8 Å². The molecule has 3 rings (SSSR count). The maximum atomic E-state index is 12.5. The third-order valence-corrected chi connectivity index (χ3v) is 4.35. The summed E-state index contributed by atoms with van der Waals surface area (Å²) in [7, 11) is 1.56. The minimum absolute atomic E-state index is 0.169. The Morgan fingerprint density at radius 1 is 1.29 bits per heavy atom. The van der Waals surface area contributed by atoms with Crippen LogP contribution >= 0.6 is 0 Å². The number of rotatable bonds is 5. The van der Waals surface area contributed by atoms with Gasteiger partial charge in [0, 0.05) is 24.7 Å². The average molecular weight is 298 g/mol. The molecule has 2 atom stereocenters. The zero-order valence-electron chi connectivity index (χ0n) is 12.0. The molecule has 2 unspecified atom stereocenters. The molecule has 1 N–H and O–H groups in total. The number of anilines is 1. The summed E-state index contributed by atoms with van der Waals surface area (Å²) in [5.41, 5.74) is 0.577. The largest absolute Gasteiger partial charge is 0.497 e. The second-order valence-electron chi connectivity index (χ2n) is 5.53. The number of nitrogens with zero attached hydrogens (tertiary/aromatic N) is 1. The van der Waals surface area contributed by atoms with Crippen molar-refractivity contribution in [1.29, 1.82) is 0 Å². The molecule has 0 saturated carbocycles. The lowest BCUT2D eigenvalue weighted by Gasteiger charge is -2.23. The first-order valence-corrected chi connectivity index (χ1v) is 7.31. The van der Waals surface area contributed by atoms with E-state index in [-0.39, 0.29) is 11.8 Å². The smallest absolute Gasteiger partial charge is 0.387 e. The summed E-state index contributed by atoms with van der Waals surface area (Å²) >= 11 is 0. The van der Waals surface area contributed by atoms with Crippen molar-refractivity contribution in [2.75, 3.05) is 25.5 Å². The Kier molecular flexibility index (Phi) is 4.14. The van der Waals surface area contributed by atoms with Crippen molar-refractivity contribution in [3.05, 3.63) is 18.2 Å². The van der Waals surface area contributed by atoms with Crippen molar-refractivity contribution in [3.8, 4) is 11.5 Å². The van der Waals surface area contributed by atoms with E-state index in [1.165, 1.54) is 12.5 Å². The third kappa shape index (κ3) is 3.05. The maximum Gasteiger partial charge on any atom is 0.387 e. The SMILES string of the molecule is COc1ccc(OC(F)F)c(NC2CCN3CCCC23)c1. The molecule has 0 aromatic heterocycles. The number of benzene rings is 1. The van der Waals surface area contributed by atoms with Gasteiger partial charge in [-0.2, -0.15) is 8.78 Å². The van der Waals surface area contributed by atoms with Gasteiger partial charge in [0.15, 0.2) is 0 Å². The Bertz CT molecular complexity index is 499. The van der Waals surface area contributed by atoms with Crippen molar-refractivity contribution >= 4 is 5.69 Å². The van der Waals surface area contributed by atoms with E-state index in [2.05, 4.69) is 15.0 Å². The molecule has 0 bridgehead atoms. The van der Waals surface area contributed by atoms with Gasteiger partial charge in [-0.1, -0.05) is 0 Å². The zero-order chi connectivity index (χ0) is 14.8. The van der Waals surface area contributed by atoms with E-state index in [9.17, 15) is 8.78 Å². The van der Waals surface area contributed by atoms with Crippen molar-refractivity contribution in [2.45, 2.75) is 38.0 Å². The Labute approximate surface area is 123 Å². The molecule has 1 aromatic carbocycles. The Hall–Kier alpha value is -1.56.